The third-order valence-electron chi connectivity index (χ3n) is 7.99. The first-order valence-corrected chi connectivity index (χ1v) is 13.6. The van der Waals surface area contributed by atoms with Crippen LogP contribution in [0.15, 0.2) is 84.9 Å². The average molecular weight is 554 g/mol. The van der Waals surface area contributed by atoms with Gasteiger partial charge in [0.1, 0.15) is 6.54 Å². The van der Waals surface area contributed by atoms with Gasteiger partial charge in [0.05, 0.1) is 5.54 Å². The van der Waals surface area contributed by atoms with Crippen LogP contribution in [0, 0.1) is 5.92 Å². The average Bonchev–Trinajstić information content (AvgIpc) is 2.99. The molecule has 3 aromatic carbocycles. The zero-order valence-corrected chi connectivity index (χ0v) is 22.5. The summed E-state index contributed by atoms with van der Waals surface area (Å²) >= 11 is 0. The smallest absolute Gasteiger partial charge is 0.322 e. The summed E-state index contributed by atoms with van der Waals surface area (Å²) in [6, 6.07) is 26.6. The number of likely N-dealkylation sites (tertiary alicyclic amines) is 2. The molecule has 3 aromatic rings. The number of carboxylic acid groups (broad SMARTS) is 1. The Morgan fingerprint density at radius 1 is 0.829 bits per heavy atom. The Kier molecular flexibility index (Phi) is 7.96. The van der Waals surface area contributed by atoms with Gasteiger partial charge in [-0.15, -0.1) is 0 Å². The lowest BCUT2D eigenvalue weighted by atomic mass is 9.74. The van der Waals surface area contributed by atoms with Crippen molar-refractivity contribution >= 4 is 29.5 Å². The second kappa shape index (κ2) is 11.8. The van der Waals surface area contributed by atoms with E-state index in [4.69, 9.17) is 5.11 Å². The van der Waals surface area contributed by atoms with Gasteiger partial charge in [0, 0.05) is 31.6 Å². The largest absolute Gasteiger partial charge is 0.480 e. The van der Waals surface area contributed by atoms with E-state index in [-0.39, 0.29) is 18.9 Å². The number of carbonyl (C=O) groups is 5. The number of benzene rings is 3. The van der Waals surface area contributed by atoms with Crippen LogP contribution in [0.5, 0.6) is 0 Å². The SMILES string of the molecule is O=C(O)CNC(=O)C1C(=O)CC2(CCN(C(=O)c3ccccc3)CC2)N(Cc2ccc(-c3ccccc3)cc2)C1=O. The Bertz CT molecular complexity index is 1450. The molecular formula is C32H31N3O6. The molecule has 9 heteroatoms. The number of Topliss-reactive ketones (excluding diaryl/α,β-unsaturated/α-hetero) is 1. The van der Waals surface area contributed by atoms with Crippen molar-refractivity contribution < 1.29 is 29.1 Å². The maximum Gasteiger partial charge on any atom is 0.322 e. The molecule has 41 heavy (non-hydrogen) atoms. The van der Waals surface area contributed by atoms with E-state index in [0.717, 1.165) is 16.7 Å². The van der Waals surface area contributed by atoms with Gasteiger partial charge in [-0.2, -0.15) is 0 Å². The molecule has 2 aliphatic rings. The van der Waals surface area contributed by atoms with Crippen molar-refractivity contribution in [2.45, 2.75) is 31.3 Å². The highest BCUT2D eigenvalue weighted by Crippen LogP contribution is 2.40. The Labute approximate surface area is 237 Å². The fourth-order valence-corrected chi connectivity index (χ4v) is 5.77. The predicted molar refractivity (Wildman–Crippen MR) is 150 cm³/mol. The van der Waals surface area contributed by atoms with Crippen molar-refractivity contribution in [1.82, 2.24) is 15.1 Å². The van der Waals surface area contributed by atoms with E-state index in [1.807, 2.05) is 60.7 Å². The Morgan fingerprint density at radius 2 is 1.41 bits per heavy atom. The summed E-state index contributed by atoms with van der Waals surface area (Å²) in [7, 11) is 0. The number of hydrogen-bond donors (Lipinski definition) is 2. The molecule has 1 atom stereocenters. The minimum atomic E-state index is -1.60. The van der Waals surface area contributed by atoms with E-state index >= 15 is 0 Å². The summed E-state index contributed by atoms with van der Waals surface area (Å²) in [6.45, 7) is 0.205. The van der Waals surface area contributed by atoms with Crippen LogP contribution in [0.2, 0.25) is 0 Å². The standard InChI is InChI=1S/C32H31N3O6/c36-26-19-32(15-17-34(18-16-32)30(40)25-9-5-2-6-10-25)35(31(41)28(26)29(39)33-20-27(37)38)21-22-11-13-24(14-12-22)23-7-3-1-4-8-23/h1-14,28H,15-21H2,(H,33,39)(H,37,38). The number of hydrogen-bond acceptors (Lipinski definition) is 5. The number of nitrogens with one attached hydrogen (secondary N) is 1. The lowest BCUT2D eigenvalue weighted by molar-refractivity contribution is -0.162. The molecule has 1 unspecified atom stereocenters. The number of carbonyl (C=O) groups excluding carboxylic acids is 4. The first kappa shape index (κ1) is 27.8. The Morgan fingerprint density at radius 3 is 2.02 bits per heavy atom. The highest BCUT2D eigenvalue weighted by Gasteiger charge is 2.54. The maximum absolute atomic E-state index is 13.8. The highest BCUT2D eigenvalue weighted by atomic mass is 16.4. The monoisotopic (exact) mass is 553 g/mol. The lowest BCUT2D eigenvalue weighted by Gasteiger charge is -2.52. The van der Waals surface area contributed by atoms with E-state index < -0.39 is 41.6 Å². The van der Waals surface area contributed by atoms with Crippen LogP contribution in [-0.2, 0) is 25.7 Å². The van der Waals surface area contributed by atoms with Crippen LogP contribution in [0.3, 0.4) is 0 Å². The predicted octanol–water partition coefficient (Wildman–Crippen LogP) is 3.15. The van der Waals surface area contributed by atoms with E-state index in [9.17, 15) is 24.0 Å². The maximum atomic E-state index is 13.8. The Hall–Kier alpha value is -4.79. The van der Waals surface area contributed by atoms with Crippen molar-refractivity contribution in [3.8, 4) is 11.1 Å². The lowest BCUT2D eigenvalue weighted by Crippen LogP contribution is -2.65. The van der Waals surface area contributed by atoms with Gasteiger partial charge in [-0.05, 0) is 41.7 Å². The number of nitrogens with zero attached hydrogens (tertiary/aromatic N) is 2. The van der Waals surface area contributed by atoms with Crippen LogP contribution < -0.4 is 5.32 Å². The molecule has 0 aliphatic carbocycles. The third kappa shape index (κ3) is 5.89. The Balaban J connectivity index is 1.40. The van der Waals surface area contributed by atoms with Crippen LogP contribution >= 0.6 is 0 Å². The molecule has 0 aromatic heterocycles. The van der Waals surface area contributed by atoms with Crippen LogP contribution in [0.1, 0.15) is 35.2 Å². The minimum Gasteiger partial charge on any atom is -0.480 e. The van der Waals surface area contributed by atoms with Crippen molar-refractivity contribution in [1.29, 1.82) is 0 Å². The molecule has 9 nitrogen and oxygen atoms in total. The van der Waals surface area contributed by atoms with Gasteiger partial charge < -0.3 is 20.2 Å². The molecule has 210 valence electrons. The topological polar surface area (TPSA) is 124 Å². The van der Waals surface area contributed by atoms with Crippen molar-refractivity contribution in [3.63, 3.8) is 0 Å². The van der Waals surface area contributed by atoms with Gasteiger partial charge in [-0.25, -0.2) is 0 Å². The first-order valence-electron chi connectivity index (χ1n) is 13.6. The van der Waals surface area contributed by atoms with E-state index in [0.29, 0.717) is 31.5 Å². The van der Waals surface area contributed by atoms with E-state index in [2.05, 4.69) is 5.32 Å². The number of piperidine rings is 2. The van der Waals surface area contributed by atoms with Gasteiger partial charge in [0.25, 0.3) is 5.91 Å². The number of carboxylic acids is 1. The summed E-state index contributed by atoms with van der Waals surface area (Å²) in [5.74, 6) is -5.05. The second-order valence-electron chi connectivity index (χ2n) is 10.6. The molecular weight excluding hydrogens is 522 g/mol. The zero-order chi connectivity index (χ0) is 29.0. The van der Waals surface area contributed by atoms with Crippen LogP contribution in [0.25, 0.3) is 11.1 Å². The number of aliphatic carboxylic acids is 1. The molecule has 5 rings (SSSR count). The molecule has 0 radical (unpaired) electrons. The van der Waals surface area contributed by atoms with Gasteiger partial charge in [0.2, 0.25) is 11.8 Å². The van der Waals surface area contributed by atoms with Crippen molar-refractivity contribution in [2.75, 3.05) is 19.6 Å². The number of ketones is 1. The van der Waals surface area contributed by atoms with Crippen LogP contribution in [-0.4, -0.2) is 69.6 Å². The fourth-order valence-electron chi connectivity index (χ4n) is 5.77. The minimum absolute atomic E-state index is 0.0423. The first-order chi connectivity index (χ1) is 19.8. The normalized spacial score (nSPS) is 18.3. The number of rotatable bonds is 7. The summed E-state index contributed by atoms with van der Waals surface area (Å²) in [4.78, 5) is 67.3. The van der Waals surface area contributed by atoms with Gasteiger partial charge in [-0.3, -0.25) is 24.0 Å². The zero-order valence-electron chi connectivity index (χ0n) is 22.5. The molecule has 2 N–H and O–H groups in total. The van der Waals surface area contributed by atoms with Crippen molar-refractivity contribution in [2.24, 2.45) is 5.92 Å². The molecule has 0 saturated carbocycles. The third-order valence-corrected chi connectivity index (χ3v) is 7.99. The van der Waals surface area contributed by atoms with Crippen molar-refractivity contribution in [3.05, 3.63) is 96.1 Å². The molecule has 3 amide bonds. The van der Waals surface area contributed by atoms with Gasteiger partial charge in [0.15, 0.2) is 11.7 Å². The summed E-state index contributed by atoms with van der Waals surface area (Å²) in [6.07, 6.45) is 0.725. The molecule has 1 spiro atoms. The highest BCUT2D eigenvalue weighted by molar-refractivity contribution is 6.20. The van der Waals surface area contributed by atoms with Crippen LogP contribution in [0.4, 0.5) is 0 Å². The molecule has 2 fully saturated rings. The summed E-state index contributed by atoms with van der Waals surface area (Å²) in [5, 5.41) is 11.2. The van der Waals surface area contributed by atoms with E-state index in [1.54, 1.807) is 34.1 Å². The number of amides is 3. The van der Waals surface area contributed by atoms with Gasteiger partial charge >= 0.3 is 5.97 Å². The van der Waals surface area contributed by atoms with E-state index in [1.165, 1.54) is 0 Å². The fraction of sp³-hybridized carbons (Fsp3) is 0.281. The molecule has 2 heterocycles. The van der Waals surface area contributed by atoms with Gasteiger partial charge in [-0.1, -0.05) is 72.8 Å². The molecule has 0 bridgehead atoms. The molecule has 2 aliphatic heterocycles. The summed E-state index contributed by atoms with van der Waals surface area (Å²) < 4.78 is 0. The molecule has 2 saturated heterocycles. The second-order valence-corrected chi connectivity index (χ2v) is 10.6. The summed E-state index contributed by atoms with van der Waals surface area (Å²) in [5.41, 5.74) is 2.62. The quantitative estimate of drug-likeness (QED) is 0.433.